The molecule has 0 saturated carbocycles. The van der Waals surface area contributed by atoms with Crippen molar-refractivity contribution in [1.82, 2.24) is 4.90 Å². The number of aryl methyl sites for hydroxylation is 1. The van der Waals surface area contributed by atoms with E-state index in [1.165, 1.54) is 16.8 Å². The fourth-order valence-corrected chi connectivity index (χ4v) is 3.00. The molecule has 1 unspecified atom stereocenters. The lowest BCUT2D eigenvalue weighted by atomic mass is 9.96. The zero-order valence-corrected chi connectivity index (χ0v) is 12.6. The Hall–Kier alpha value is -1.06. The summed E-state index contributed by atoms with van der Waals surface area (Å²) < 4.78 is 0. The number of benzene rings is 1. The molecule has 1 atom stereocenters. The summed E-state index contributed by atoms with van der Waals surface area (Å²) in [6, 6.07) is 6.74. The van der Waals surface area contributed by atoms with Gasteiger partial charge in [-0.05, 0) is 31.0 Å². The molecule has 1 aromatic carbocycles. The fourth-order valence-electron chi connectivity index (χ4n) is 3.00. The molecule has 1 aliphatic heterocycles. The standard InChI is InChI=1S/C16H26N2O/c1-12(2)15-7-5-6-13(3)16(15)18-9-8-17(4)10-14(18)11-19/h5-7,12,14,19H,8-11H2,1-4H3. The Balaban J connectivity index is 2.39. The van der Waals surface area contributed by atoms with Gasteiger partial charge >= 0.3 is 0 Å². The first-order valence-corrected chi connectivity index (χ1v) is 7.20. The maximum Gasteiger partial charge on any atom is 0.0648 e. The molecular weight excluding hydrogens is 236 g/mol. The third kappa shape index (κ3) is 2.93. The topological polar surface area (TPSA) is 26.7 Å². The zero-order chi connectivity index (χ0) is 14.0. The molecule has 0 spiro atoms. The highest BCUT2D eigenvalue weighted by Crippen LogP contribution is 2.33. The minimum atomic E-state index is 0.206. The second-order valence-electron chi connectivity index (χ2n) is 5.96. The molecule has 1 heterocycles. The Labute approximate surface area is 116 Å². The van der Waals surface area contributed by atoms with Gasteiger partial charge in [0.2, 0.25) is 0 Å². The molecule has 1 aromatic rings. The van der Waals surface area contributed by atoms with E-state index in [1.54, 1.807) is 0 Å². The zero-order valence-electron chi connectivity index (χ0n) is 12.6. The predicted molar refractivity (Wildman–Crippen MR) is 81.0 cm³/mol. The van der Waals surface area contributed by atoms with Gasteiger partial charge in [-0.1, -0.05) is 32.0 Å². The summed E-state index contributed by atoms with van der Waals surface area (Å²) in [6.45, 7) is 9.85. The van der Waals surface area contributed by atoms with E-state index in [0.29, 0.717) is 5.92 Å². The molecule has 0 aromatic heterocycles. The van der Waals surface area contributed by atoms with Crippen LogP contribution in [0.1, 0.15) is 30.9 Å². The Morgan fingerprint density at radius 3 is 2.68 bits per heavy atom. The van der Waals surface area contributed by atoms with Gasteiger partial charge in [-0.15, -0.1) is 0 Å². The van der Waals surface area contributed by atoms with Crippen LogP contribution in [0.2, 0.25) is 0 Å². The van der Waals surface area contributed by atoms with Crippen LogP contribution in [0.4, 0.5) is 5.69 Å². The van der Waals surface area contributed by atoms with E-state index in [2.05, 4.69) is 55.8 Å². The summed E-state index contributed by atoms with van der Waals surface area (Å²) in [7, 11) is 2.13. The quantitative estimate of drug-likeness (QED) is 0.905. The number of aliphatic hydroxyl groups excluding tert-OH is 1. The van der Waals surface area contributed by atoms with E-state index in [9.17, 15) is 5.11 Å². The second-order valence-corrected chi connectivity index (χ2v) is 5.96. The van der Waals surface area contributed by atoms with Gasteiger partial charge in [0.25, 0.3) is 0 Å². The molecule has 3 heteroatoms. The summed E-state index contributed by atoms with van der Waals surface area (Å²) in [6.07, 6.45) is 0. The molecule has 3 nitrogen and oxygen atoms in total. The normalized spacial score (nSPS) is 21.2. The number of hydrogen-bond donors (Lipinski definition) is 1. The maximum absolute atomic E-state index is 9.69. The molecule has 0 amide bonds. The van der Waals surface area contributed by atoms with Gasteiger partial charge in [-0.2, -0.15) is 0 Å². The number of rotatable bonds is 3. The van der Waals surface area contributed by atoms with Crippen LogP contribution in [0.3, 0.4) is 0 Å². The lowest BCUT2D eigenvalue weighted by Crippen LogP contribution is -2.54. The Morgan fingerprint density at radius 1 is 1.32 bits per heavy atom. The number of aliphatic hydroxyl groups is 1. The highest BCUT2D eigenvalue weighted by molar-refractivity contribution is 5.61. The average Bonchev–Trinajstić information content (AvgIpc) is 2.38. The SMILES string of the molecule is Cc1cccc(C(C)C)c1N1CCN(C)CC1CO. The van der Waals surface area contributed by atoms with Crippen LogP contribution in [-0.2, 0) is 0 Å². The number of likely N-dealkylation sites (N-methyl/N-ethyl adjacent to an activating group) is 1. The Bertz CT molecular complexity index is 431. The van der Waals surface area contributed by atoms with Crippen LogP contribution >= 0.6 is 0 Å². The lowest BCUT2D eigenvalue weighted by Gasteiger charge is -2.42. The summed E-state index contributed by atoms with van der Waals surface area (Å²) in [4.78, 5) is 4.70. The fraction of sp³-hybridized carbons (Fsp3) is 0.625. The molecule has 1 saturated heterocycles. The van der Waals surface area contributed by atoms with E-state index in [0.717, 1.165) is 19.6 Å². The molecule has 1 fully saturated rings. The smallest absolute Gasteiger partial charge is 0.0648 e. The van der Waals surface area contributed by atoms with Gasteiger partial charge < -0.3 is 14.9 Å². The Kier molecular flexibility index (Phi) is 4.48. The second kappa shape index (κ2) is 5.93. The number of para-hydroxylation sites is 1. The molecule has 0 radical (unpaired) electrons. The number of hydrogen-bond acceptors (Lipinski definition) is 3. The molecule has 106 valence electrons. The summed E-state index contributed by atoms with van der Waals surface area (Å²) in [5.41, 5.74) is 4.04. The number of piperazine rings is 1. The third-order valence-corrected chi connectivity index (χ3v) is 4.07. The van der Waals surface area contributed by atoms with Crippen LogP contribution in [0.25, 0.3) is 0 Å². The van der Waals surface area contributed by atoms with Gasteiger partial charge in [0.15, 0.2) is 0 Å². The van der Waals surface area contributed by atoms with Crippen LogP contribution in [0.5, 0.6) is 0 Å². The minimum absolute atomic E-state index is 0.206. The van der Waals surface area contributed by atoms with Gasteiger partial charge in [-0.25, -0.2) is 0 Å². The van der Waals surface area contributed by atoms with Crippen molar-refractivity contribution in [2.75, 3.05) is 38.2 Å². The highest BCUT2D eigenvalue weighted by atomic mass is 16.3. The molecule has 1 N–H and O–H groups in total. The van der Waals surface area contributed by atoms with Crippen LogP contribution in [0.15, 0.2) is 18.2 Å². The predicted octanol–water partition coefficient (Wildman–Crippen LogP) is 2.23. The van der Waals surface area contributed by atoms with Crippen molar-refractivity contribution in [2.24, 2.45) is 0 Å². The van der Waals surface area contributed by atoms with Crippen molar-refractivity contribution in [3.8, 4) is 0 Å². The summed E-state index contributed by atoms with van der Waals surface area (Å²) in [5, 5.41) is 9.69. The van der Waals surface area contributed by atoms with Crippen molar-refractivity contribution in [3.05, 3.63) is 29.3 Å². The van der Waals surface area contributed by atoms with E-state index in [-0.39, 0.29) is 12.6 Å². The average molecular weight is 262 g/mol. The van der Waals surface area contributed by atoms with E-state index >= 15 is 0 Å². The first-order chi connectivity index (χ1) is 9.04. The first-order valence-electron chi connectivity index (χ1n) is 7.20. The lowest BCUT2D eigenvalue weighted by molar-refractivity contribution is 0.191. The number of nitrogens with zero attached hydrogens (tertiary/aromatic N) is 2. The Morgan fingerprint density at radius 2 is 2.05 bits per heavy atom. The van der Waals surface area contributed by atoms with Crippen LogP contribution in [0, 0.1) is 6.92 Å². The molecule has 0 aliphatic carbocycles. The van der Waals surface area contributed by atoms with Gasteiger partial charge in [-0.3, -0.25) is 0 Å². The highest BCUT2D eigenvalue weighted by Gasteiger charge is 2.27. The molecule has 1 aliphatic rings. The van der Waals surface area contributed by atoms with Crippen LogP contribution in [-0.4, -0.2) is 49.3 Å². The first kappa shape index (κ1) is 14.4. The molecule has 2 rings (SSSR count). The third-order valence-electron chi connectivity index (χ3n) is 4.07. The largest absolute Gasteiger partial charge is 0.394 e. The van der Waals surface area contributed by atoms with Crippen molar-refractivity contribution in [2.45, 2.75) is 32.7 Å². The van der Waals surface area contributed by atoms with Gasteiger partial charge in [0.1, 0.15) is 0 Å². The van der Waals surface area contributed by atoms with Crippen molar-refractivity contribution in [1.29, 1.82) is 0 Å². The molecule has 0 bridgehead atoms. The van der Waals surface area contributed by atoms with Gasteiger partial charge in [0.05, 0.1) is 12.6 Å². The summed E-state index contributed by atoms with van der Waals surface area (Å²) in [5.74, 6) is 0.508. The monoisotopic (exact) mass is 262 g/mol. The summed E-state index contributed by atoms with van der Waals surface area (Å²) >= 11 is 0. The maximum atomic E-state index is 9.69. The minimum Gasteiger partial charge on any atom is -0.394 e. The van der Waals surface area contributed by atoms with Crippen molar-refractivity contribution in [3.63, 3.8) is 0 Å². The number of anilines is 1. The van der Waals surface area contributed by atoms with Crippen molar-refractivity contribution >= 4 is 5.69 Å². The van der Waals surface area contributed by atoms with Crippen molar-refractivity contribution < 1.29 is 5.11 Å². The van der Waals surface area contributed by atoms with E-state index in [4.69, 9.17) is 0 Å². The molecule has 19 heavy (non-hydrogen) atoms. The van der Waals surface area contributed by atoms with Crippen LogP contribution < -0.4 is 4.90 Å². The molecular formula is C16H26N2O. The van der Waals surface area contributed by atoms with E-state index < -0.39 is 0 Å². The van der Waals surface area contributed by atoms with Gasteiger partial charge in [0, 0.05) is 25.3 Å². The van der Waals surface area contributed by atoms with E-state index in [1.807, 2.05) is 0 Å².